The molecule has 2 aromatic heterocycles. The quantitative estimate of drug-likeness (QED) is 0.137. The lowest BCUT2D eigenvalue weighted by molar-refractivity contribution is 0.184. The summed E-state index contributed by atoms with van der Waals surface area (Å²) in [5.74, 6) is 1.91. The molecule has 272 valence electrons. The molecule has 3 heterocycles. The number of fused-ring (bicyclic) bond motifs is 1. The van der Waals surface area contributed by atoms with E-state index in [1.165, 1.54) is 33.2 Å². The molecule has 5 aromatic rings. The molecule has 0 radical (unpaired) electrons. The number of para-hydroxylation sites is 1. The van der Waals surface area contributed by atoms with Gasteiger partial charge in [-0.2, -0.15) is 0 Å². The lowest BCUT2D eigenvalue weighted by Gasteiger charge is -2.36. The molecule has 0 unspecified atom stereocenters. The Bertz CT molecular complexity index is 1840. The number of benzene rings is 3. The Morgan fingerprint density at radius 3 is 2.25 bits per heavy atom. The van der Waals surface area contributed by atoms with Crippen LogP contribution in [0.25, 0.3) is 10.9 Å². The number of nitrogens with zero attached hydrogens (tertiary/aromatic N) is 5. The molecule has 13 heteroatoms. The predicted octanol–water partition coefficient (Wildman–Crippen LogP) is 8.46. The molecule has 3 aromatic carbocycles. The average Bonchev–Trinajstić information content (AvgIpc) is 3.79. The van der Waals surface area contributed by atoms with E-state index in [-0.39, 0.29) is 12.6 Å². The molecule has 6 rings (SSSR count). The summed E-state index contributed by atoms with van der Waals surface area (Å²) in [5, 5.41) is 2.35. The third-order valence-electron chi connectivity index (χ3n) is 8.86. The Morgan fingerprint density at radius 2 is 1.63 bits per heavy atom. The Labute approximate surface area is 314 Å². The summed E-state index contributed by atoms with van der Waals surface area (Å²) in [7, 11) is 3.37. The van der Waals surface area contributed by atoms with Crippen molar-refractivity contribution < 1.29 is 19.0 Å². The van der Waals surface area contributed by atoms with Crippen molar-refractivity contribution in [3.8, 4) is 17.2 Å². The second-order valence-corrected chi connectivity index (χ2v) is 13.4. The highest BCUT2D eigenvalue weighted by atomic mass is 35.5. The largest absolute Gasteiger partial charge is 0.493 e. The summed E-state index contributed by atoms with van der Waals surface area (Å²) in [6, 6.07) is 17.8. The smallest absolute Gasteiger partial charge is 0.329 e. The number of aromatic amines is 1. The fourth-order valence-electron chi connectivity index (χ4n) is 6.21. The molecular formula is C38H45Cl3N6O4. The molecule has 0 spiro atoms. The number of methoxy groups -OCH3 is 2. The van der Waals surface area contributed by atoms with Crippen LogP contribution >= 0.6 is 34.8 Å². The van der Waals surface area contributed by atoms with Gasteiger partial charge in [-0.3, -0.25) is 9.47 Å². The number of halogens is 3. The number of aromatic nitrogens is 3. The number of anilines is 1. The highest BCUT2D eigenvalue weighted by Crippen LogP contribution is 2.36. The van der Waals surface area contributed by atoms with Crippen molar-refractivity contribution in [1.82, 2.24) is 24.3 Å². The van der Waals surface area contributed by atoms with Crippen LogP contribution < -0.4 is 19.1 Å². The number of ether oxygens (including phenoxy) is 3. The van der Waals surface area contributed by atoms with Crippen LogP contribution in [0, 0.1) is 6.92 Å². The van der Waals surface area contributed by atoms with Crippen LogP contribution in [0.15, 0.2) is 73.3 Å². The van der Waals surface area contributed by atoms with Crippen molar-refractivity contribution in [2.75, 3.05) is 71.5 Å². The van der Waals surface area contributed by atoms with E-state index in [4.69, 9.17) is 49.0 Å². The van der Waals surface area contributed by atoms with Gasteiger partial charge >= 0.3 is 6.03 Å². The normalized spacial score (nSPS) is 13.1. The number of carbonyl (C=O) groups is 1. The Kier molecular flexibility index (Phi) is 13.8. The summed E-state index contributed by atoms with van der Waals surface area (Å²) in [5.41, 5.74) is 5.05. The maximum absolute atomic E-state index is 12.3. The van der Waals surface area contributed by atoms with Crippen molar-refractivity contribution in [3.05, 3.63) is 99.6 Å². The van der Waals surface area contributed by atoms with Gasteiger partial charge in [-0.25, -0.2) is 9.78 Å². The lowest BCUT2D eigenvalue weighted by Crippen LogP contribution is -2.47. The Morgan fingerprint density at radius 1 is 0.941 bits per heavy atom. The molecule has 10 nitrogen and oxygen atoms in total. The van der Waals surface area contributed by atoms with Crippen molar-refractivity contribution in [1.29, 1.82) is 0 Å². The average molecular weight is 756 g/mol. The number of H-pyrrole nitrogens is 1. The number of carbonyl (C=O) groups excluding carboxylic acids is 1. The van der Waals surface area contributed by atoms with Gasteiger partial charge in [-0.15, -0.1) is 0 Å². The molecule has 0 aliphatic carbocycles. The molecular weight excluding hydrogens is 711 g/mol. The number of amides is 1. The van der Waals surface area contributed by atoms with Crippen LogP contribution in [0.5, 0.6) is 17.2 Å². The molecule has 1 amide bonds. The number of rotatable bonds is 12. The topological polar surface area (TPSA) is 88.1 Å². The summed E-state index contributed by atoms with van der Waals surface area (Å²) >= 11 is 18.0. The molecule has 1 saturated heterocycles. The summed E-state index contributed by atoms with van der Waals surface area (Å²) in [6.45, 7) is 10.9. The van der Waals surface area contributed by atoms with Crippen molar-refractivity contribution >= 4 is 57.4 Å². The molecule has 1 aliphatic rings. The molecule has 0 bridgehead atoms. The predicted molar refractivity (Wildman–Crippen MR) is 207 cm³/mol. The standard InChI is InChI=1S/C23H29N3O2.C15H16Cl3N3O2/c1-17-19(20-15-22(27-2)23(28-3)16-21(20)24-17)9-10-25-11-13-26(14-12-25)18-7-5-4-6-8-18;1-2-4-20(15(22)21-5-3-19-10-21)6-7-23-14-12(17)8-11(16)9-13(14)18/h4-8,15-16,24H,9-14H2,1-3H3;3,5,8-10H,2,4,6-7H2,1H3. The van der Waals surface area contributed by atoms with Crippen LogP contribution in [-0.2, 0) is 6.42 Å². The lowest BCUT2D eigenvalue weighted by atomic mass is 10.1. The van der Waals surface area contributed by atoms with E-state index < -0.39 is 0 Å². The second-order valence-electron chi connectivity index (χ2n) is 12.2. The van der Waals surface area contributed by atoms with Crippen LogP contribution in [0.2, 0.25) is 15.1 Å². The third kappa shape index (κ3) is 9.83. The monoisotopic (exact) mass is 754 g/mol. The molecule has 0 saturated carbocycles. The second kappa shape index (κ2) is 18.4. The summed E-state index contributed by atoms with van der Waals surface area (Å²) in [4.78, 5) is 26.5. The zero-order chi connectivity index (χ0) is 36.3. The van der Waals surface area contributed by atoms with Gasteiger partial charge in [0, 0.05) is 85.0 Å². The van der Waals surface area contributed by atoms with Crippen molar-refractivity contribution in [2.45, 2.75) is 26.7 Å². The minimum Gasteiger partial charge on any atom is -0.493 e. The maximum atomic E-state index is 12.3. The maximum Gasteiger partial charge on any atom is 0.329 e. The first-order valence-corrected chi connectivity index (χ1v) is 18.2. The Hall–Kier alpha value is -4.09. The summed E-state index contributed by atoms with van der Waals surface area (Å²) in [6.07, 6.45) is 6.51. The van der Waals surface area contributed by atoms with E-state index in [1.807, 2.05) is 13.0 Å². The zero-order valence-corrected chi connectivity index (χ0v) is 31.8. The van der Waals surface area contributed by atoms with E-state index in [9.17, 15) is 4.79 Å². The van der Waals surface area contributed by atoms with Gasteiger partial charge in [0.15, 0.2) is 17.2 Å². The minimum absolute atomic E-state index is 0.152. The number of imidazole rings is 1. The number of hydrogen-bond acceptors (Lipinski definition) is 7. The molecule has 51 heavy (non-hydrogen) atoms. The van der Waals surface area contributed by atoms with E-state index in [0.29, 0.717) is 33.9 Å². The fraction of sp³-hybridized carbons (Fsp3) is 0.368. The first kappa shape index (κ1) is 38.1. The molecule has 1 fully saturated rings. The van der Waals surface area contributed by atoms with Gasteiger partial charge in [-0.05, 0) is 55.7 Å². The van der Waals surface area contributed by atoms with Crippen LogP contribution in [0.3, 0.4) is 0 Å². The Balaban J connectivity index is 0.000000202. The van der Waals surface area contributed by atoms with E-state index in [0.717, 1.165) is 62.6 Å². The van der Waals surface area contributed by atoms with Gasteiger partial charge in [-0.1, -0.05) is 59.9 Å². The number of piperazine rings is 1. The first-order chi connectivity index (χ1) is 24.7. The number of nitrogens with one attached hydrogen (secondary N) is 1. The van der Waals surface area contributed by atoms with Crippen LogP contribution in [0.4, 0.5) is 10.5 Å². The van der Waals surface area contributed by atoms with Gasteiger partial charge in [0.05, 0.1) is 30.8 Å². The van der Waals surface area contributed by atoms with Crippen molar-refractivity contribution in [2.24, 2.45) is 0 Å². The highest BCUT2D eigenvalue weighted by molar-refractivity contribution is 6.40. The highest BCUT2D eigenvalue weighted by Gasteiger charge is 2.19. The minimum atomic E-state index is -0.152. The van der Waals surface area contributed by atoms with E-state index >= 15 is 0 Å². The summed E-state index contributed by atoms with van der Waals surface area (Å²) < 4.78 is 18.0. The zero-order valence-electron chi connectivity index (χ0n) is 29.5. The van der Waals surface area contributed by atoms with E-state index in [2.05, 4.69) is 63.1 Å². The molecule has 0 atom stereocenters. The van der Waals surface area contributed by atoms with Crippen LogP contribution in [0.1, 0.15) is 24.6 Å². The number of hydrogen-bond donors (Lipinski definition) is 1. The van der Waals surface area contributed by atoms with Gasteiger partial charge in [0.1, 0.15) is 12.9 Å². The van der Waals surface area contributed by atoms with E-state index in [1.54, 1.807) is 43.6 Å². The first-order valence-electron chi connectivity index (χ1n) is 17.0. The van der Waals surface area contributed by atoms with Crippen LogP contribution in [-0.4, -0.2) is 97.0 Å². The SMILES string of the molecule is CCCN(CCOc1c(Cl)cc(Cl)cc1Cl)C(=O)n1ccnc1.COc1cc2[nH]c(C)c(CCN3CCN(c4ccccc4)CC3)c2cc1OC. The van der Waals surface area contributed by atoms with Crippen molar-refractivity contribution in [3.63, 3.8) is 0 Å². The van der Waals surface area contributed by atoms with Gasteiger partial charge in [0.2, 0.25) is 0 Å². The molecule has 1 aliphatic heterocycles. The molecule has 1 N–H and O–H groups in total. The van der Waals surface area contributed by atoms with Gasteiger partial charge < -0.3 is 29.0 Å². The number of aryl methyl sites for hydroxylation is 1. The fourth-order valence-corrected chi connectivity index (χ4v) is 7.13. The third-order valence-corrected chi connectivity index (χ3v) is 9.64. The van der Waals surface area contributed by atoms with Gasteiger partial charge in [0.25, 0.3) is 0 Å².